The fourth-order valence-electron chi connectivity index (χ4n) is 1.91. The van der Waals surface area contributed by atoms with Crippen LogP contribution in [0.1, 0.15) is 12.1 Å². The Hall–Kier alpha value is -2.61. The number of nitrogens with one attached hydrogen (secondary N) is 1. The number of anilines is 1. The first-order valence-electron chi connectivity index (χ1n) is 5.84. The number of non-ortho nitro benzene ring substituents is 1. The Labute approximate surface area is 110 Å². The van der Waals surface area contributed by atoms with Crippen LogP contribution < -0.4 is 5.32 Å². The van der Waals surface area contributed by atoms with Gasteiger partial charge in [0.25, 0.3) is 5.69 Å². The van der Waals surface area contributed by atoms with Gasteiger partial charge in [0.15, 0.2) is 0 Å². The SMILES string of the molecule is C#CCCNc1ccc([N+](=O)[O-])c2cnc(C)cc12. The van der Waals surface area contributed by atoms with Crippen molar-refractivity contribution in [3.05, 3.63) is 40.2 Å². The largest absolute Gasteiger partial charge is 0.384 e. The van der Waals surface area contributed by atoms with E-state index >= 15 is 0 Å². The van der Waals surface area contributed by atoms with E-state index in [4.69, 9.17) is 6.42 Å². The van der Waals surface area contributed by atoms with Crippen LogP contribution in [-0.2, 0) is 0 Å². The summed E-state index contributed by atoms with van der Waals surface area (Å²) in [7, 11) is 0. The average Bonchev–Trinajstić information content (AvgIpc) is 2.38. The zero-order valence-electron chi connectivity index (χ0n) is 10.5. The van der Waals surface area contributed by atoms with Crippen molar-refractivity contribution >= 4 is 22.1 Å². The molecule has 0 saturated carbocycles. The highest BCUT2D eigenvalue weighted by molar-refractivity contribution is 5.99. The summed E-state index contributed by atoms with van der Waals surface area (Å²) in [6.45, 7) is 2.48. The van der Waals surface area contributed by atoms with E-state index in [-0.39, 0.29) is 5.69 Å². The number of nitro benzene ring substituents is 1. The standard InChI is InChI=1S/C14H13N3O2/c1-3-4-7-15-13-5-6-14(17(18)19)12-9-16-10(2)8-11(12)13/h1,5-6,8-9,15H,4,7H2,2H3. The molecule has 96 valence electrons. The lowest BCUT2D eigenvalue weighted by atomic mass is 10.1. The summed E-state index contributed by atoms with van der Waals surface area (Å²) in [5, 5.41) is 15.5. The van der Waals surface area contributed by atoms with Gasteiger partial charge < -0.3 is 5.32 Å². The van der Waals surface area contributed by atoms with Crippen LogP contribution in [0.15, 0.2) is 24.4 Å². The van der Waals surface area contributed by atoms with Crippen molar-refractivity contribution in [1.82, 2.24) is 4.98 Å². The van der Waals surface area contributed by atoms with Crippen molar-refractivity contribution < 1.29 is 4.92 Å². The molecule has 1 heterocycles. The van der Waals surface area contributed by atoms with Gasteiger partial charge in [0, 0.05) is 42.0 Å². The first-order chi connectivity index (χ1) is 9.13. The van der Waals surface area contributed by atoms with Crippen molar-refractivity contribution in [2.24, 2.45) is 0 Å². The topological polar surface area (TPSA) is 68.1 Å². The van der Waals surface area contributed by atoms with E-state index in [0.29, 0.717) is 18.4 Å². The van der Waals surface area contributed by atoms with Crippen LogP contribution >= 0.6 is 0 Å². The molecule has 0 aliphatic rings. The number of hydrogen-bond donors (Lipinski definition) is 1. The van der Waals surface area contributed by atoms with Gasteiger partial charge >= 0.3 is 0 Å². The molecule has 1 aromatic heterocycles. The third kappa shape index (κ3) is 2.63. The lowest BCUT2D eigenvalue weighted by Gasteiger charge is -2.09. The van der Waals surface area contributed by atoms with Gasteiger partial charge in [-0.15, -0.1) is 12.3 Å². The smallest absolute Gasteiger partial charge is 0.278 e. The summed E-state index contributed by atoms with van der Waals surface area (Å²) in [5.74, 6) is 2.54. The van der Waals surface area contributed by atoms with E-state index in [1.54, 1.807) is 6.07 Å². The molecule has 1 N–H and O–H groups in total. The van der Waals surface area contributed by atoms with Crippen molar-refractivity contribution in [2.75, 3.05) is 11.9 Å². The Morgan fingerprint density at radius 2 is 2.26 bits per heavy atom. The van der Waals surface area contributed by atoms with E-state index < -0.39 is 4.92 Å². The Morgan fingerprint density at radius 3 is 2.95 bits per heavy atom. The zero-order chi connectivity index (χ0) is 13.8. The van der Waals surface area contributed by atoms with Crippen molar-refractivity contribution in [2.45, 2.75) is 13.3 Å². The van der Waals surface area contributed by atoms with Gasteiger partial charge in [0.2, 0.25) is 0 Å². The Balaban J connectivity index is 2.54. The predicted octanol–water partition coefficient (Wildman–Crippen LogP) is 2.89. The summed E-state index contributed by atoms with van der Waals surface area (Å²) in [5.41, 5.74) is 1.71. The molecule has 0 unspecified atom stereocenters. The van der Waals surface area contributed by atoms with Gasteiger partial charge in [-0.1, -0.05) is 0 Å². The third-order valence-electron chi connectivity index (χ3n) is 2.80. The second-order valence-corrected chi connectivity index (χ2v) is 4.14. The number of fused-ring (bicyclic) bond motifs is 1. The number of benzene rings is 1. The van der Waals surface area contributed by atoms with Crippen LogP contribution in [-0.4, -0.2) is 16.5 Å². The van der Waals surface area contributed by atoms with E-state index in [0.717, 1.165) is 16.8 Å². The molecule has 0 radical (unpaired) electrons. The Kier molecular flexibility index (Phi) is 3.62. The third-order valence-corrected chi connectivity index (χ3v) is 2.80. The second-order valence-electron chi connectivity index (χ2n) is 4.14. The molecule has 1 aromatic carbocycles. The number of nitrogens with zero attached hydrogens (tertiary/aromatic N) is 2. The molecular formula is C14H13N3O2. The molecule has 0 saturated heterocycles. The first-order valence-corrected chi connectivity index (χ1v) is 5.84. The fourth-order valence-corrected chi connectivity index (χ4v) is 1.91. The fraction of sp³-hybridized carbons (Fsp3) is 0.214. The van der Waals surface area contributed by atoms with Crippen LogP contribution in [0.3, 0.4) is 0 Å². The van der Waals surface area contributed by atoms with Gasteiger partial charge in [-0.05, 0) is 19.1 Å². The molecule has 2 rings (SSSR count). The number of pyridine rings is 1. The van der Waals surface area contributed by atoms with Gasteiger partial charge in [-0.3, -0.25) is 15.1 Å². The number of aromatic nitrogens is 1. The van der Waals surface area contributed by atoms with Gasteiger partial charge in [0.1, 0.15) is 0 Å². The van der Waals surface area contributed by atoms with Gasteiger partial charge in [-0.25, -0.2) is 0 Å². The molecule has 5 nitrogen and oxygen atoms in total. The van der Waals surface area contributed by atoms with E-state index in [1.807, 2.05) is 13.0 Å². The van der Waals surface area contributed by atoms with Crippen molar-refractivity contribution in [3.8, 4) is 12.3 Å². The zero-order valence-corrected chi connectivity index (χ0v) is 10.5. The second kappa shape index (κ2) is 5.36. The van der Waals surface area contributed by atoms with E-state index in [1.165, 1.54) is 12.3 Å². The lowest BCUT2D eigenvalue weighted by molar-refractivity contribution is -0.383. The molecule has 19 heavy (non-hydrogen) atoms. The van der Waals surface area contributed by atoms with Crippen LogP contribution in [0.2, 0.25) is 0 Å². The molecule has 0 aliphatic heterocycles. The maximum absolute atomic E-state index is 11.0. The molecular weight excluding hydrogens is 242 g/mol. The molecule has 0 amide bonds. The van der Waals surface area contributed by atoms with E-state index in [9.17, 15) is 10.1 Å². The Bertz CT molecular complexity index is 674. The van der Waals surface area contributed by atoms with Crippen LogP contribution in [0.4, 0.5) is 11.4 Å². The minimum Gasteiger partial charge on any atom is -0.384 e. The predicted molar refractivity (Wildman–Crippen MR) is 75.1 cm³/mol. The van der Waals surface area contributed by atoms with Crippen LogP contribution in [0.25, 0.3) is 10.8 Å². The molecule has 2 aromatic rings. The lowest BCUT2D eigenvalue weighted by Crippen LogP contribution is -2.02. The molecule has 0 atom stereocenters. The number of rotatable bonds is 4. The molecule has 0 fully saturated rings. The first kappa shape index (κ1) is 12.8. The Morgan fingerprint density at radius 1 is 1.47 bits per heavy atom. The average molecular weight is 255 g/mol. The van der Waals surface area contributed by atoms with Crippen molar-refractivity contribution in [3.63, 3.8) is 0 Å². The molecule has 0 aliphatic carbocycles. The highest BCUT2D eigenvalue weighted by atomic mass is 16.6. The molecule has 5 heteroatoms. The molecule has 0 bridgehead atoms. The normalized spacial score (nSPS) is 10.1. The monoisotopic (exact) mass is 255 g/mol. The minimum atomic E-state index is -0.398. The summed E-state index contributed by atoms with van der Waals surface area (Å²) < 4.78 is 0. The van der Waals surface area contributed by atoms with Gasteiger partial charge in [-0.2, -0.15) is 0 Å². The van der Waals surface area contributed by atoms with Crippen LogP contribution in [0.5, 0.6) is 0 Å². The summed E-state index contributed by atoms with van der Waals surface area (Å²) in [6, 6.07) is 5.02. The maximum Gasteiger partial charge on any atom is 0.278 e. The maximum atomic E-state index is 11.0. The quantitative estimate of drug-likeness (QED) is 0.395. The highest BCUT2D eigenvalue weighted by Crippen LogP contribution is 2.31. The van der Waals surface area contributed by atoms with Crippen molar-refractivity contribution in [1.29, 1.82) is 0 Å². The number of aryl methyl sites for hydroxylation is 1. The van der Waals surface area contributed by atoms with Crippen LogP contribution in [0, 0.1) is 29.4 Å². The summed E-state index contributed by atoms with van der Waals surface area (Å²) >= 11 is 0. The number of nitro groups is 1. The highest BCUT2D eigenvalue weighted by Gasteiger charge is 2.14. The number of hydrogen-bond acceptors (Lipinski definition) is 4. The van der Waals surface area contributed by atoms with Gasteiger partial charge in [0.05, 0.1) is 10.3 Å². The molecule has 0 spiro atoms. The summed E-state index contributed by atoms with van der Waals surface area (Å²) in [4.78, 5) is 14.7. The minimum absolute atomic E-state index is 0.0602. The number of terminal acetylenes is 1. The summed E-state index contributed by atoms with van der Waals surface area (Å²) in [6.07, 6.45) is 7.34. The van der Waals surface area contributed by atoms with E-state index in [2.05, 4.69) is 16.2 Å².